The highest BCUT2D eigenvalue weighted by Gasteiger charge is 2.06. The molecule has 0 heterocycles. The summed E-state index contributed by atoms with van der Waals surface area (Å²) in [6.07, 6.45) is 8.06. The van der Waals surface area contributed by atoms with Gasteiger partial charge in [-0.3, -0.25) is 0 Å². The summed E-state index contributed by atoms with van der Waals surface area (Å²) in [5.41, 5.74) is 0. The van der Waals surface area contributed by atoms with E-state index < -0.39 is 0 Å². The van der Waals surface area contributed by atoms with Crippen LogP contribution in [0.1, 0.15) is 52.4 Å². The summed E-state index contributed by atoms with van der Waals surface area (Å²) >= 11 is 0. The maximum absolute atomic E-state index is 3.19. The van der Waals surface area contributed by atoms with E-state index >= 15 is 0 Å². The van der Waals surface area contributed by atoms with Gasteiger partial charge in [-0.1, -0.05) is 26.2 Å². The van der Waals surface area contributed by atoms with Gasteiger partial charge in [0.2, 0.25) is 0 Å². The highest BCUT2D eigenvalue weighted by atomic mass is 15.1. The van der Waals surface area contributed by atoms with Crippen LogP contribution in [-0.4, -0.2) is 38.1 Å². The van der Waals surface area contributed by atoms with Crippen LogP contribution in [0.25, 0.3) is 0 Å². The molecule has 0 spiro atoms. The summed E-state index contributed by atoms with van der Waals surface area (Å²) in [7, 11) is 4.29. The van der Waals surface area contributed by atoms with Gasteiger partial charge < -0.3 is 10.2 Å². The molecule has 1 atom stereocenters. The van der Waals surface area contributed by atoms with E-state index in [0.29, 0.717) is 0 Å². The van der Waals surface area contributed by atoms with E-state index in [2.05, 4.69) is 31.1 Å². The first-order valence-corrected chi connectivity index (χ1v) is 6.57. The molecule has 0 fully saturated rings. The topological polar surface area (TPSA) is 15.3 Å². The fourth-order valence-corrected chi connectivity index (χ4v) is 1.88. The van der Waals surface area contributed by atoms with Gasteiger partial charge in [-0.15, -0.1) is 0 Å². The Morgan fingerprint density at radius 3 is 2.40 bits per heavy atom. The lowest BCUT2D eigenvalue weighted by atomic mass is 10.1. The van der Waals surface area contributed by atoms with Crippen LogP contribution in [0.5, 0.6) is 0 Å². The Balaban J connectivity index is 3.26. The number of rotatable bonds is 10. The number of nitrogens with one attached hydrogen (secondary N) is 1. The Bertz CT molecular complexity index is 126. The second-order valence-corrected chi connectivity index (χ2v) is 4.64. The van der Waals surface area contributed by atoms with E-state index in [4.69, 9.17) is 0 Å². The molecule has 2 nitrogen and oxygen atoms in total. The van der Waals surface area contributed by atoms with Gasteiger partial charge in [0.05, 0.1) is 0 Å². The van der Waals surface area contributed by atoms with E-state index in [-0.39, 0.29) is 0 Å². The van der Waals surface area contributed by atoms with Crippen molar-refractivity contribution < 1.29 is 0 Å². The van der Waals surface area contributed by atoms with Crippen molar-refractivity contribution in [2.45, 2.75) is 58.4 Å². The minimum atomic E-state index is 0.757. The van der Waals surface area contributed by atoms with Crippen LogP contribution < -0.4 is 5.32 Å². The predicted molar refractivity (Wildman–Crippen MR) is 69.4 cm³/mol. The third-order valence-corrected chi connectivity index (χ3v) is 3.15. The molecule has 0 saturated carbocycles. The van der Waals surface area contributed by atoms with Crippen LogP contribution in [0.15, 0.2) is 0 Å². The summed E-state index contributed by atoms with van der Waals surface area (Å²) < 4.78 is 0. The van der Waals surface area contributed by atoms with Gasteiger partial charge in [0.15, 0.2) is 0 Å². The van der Waals surface area contributed by atoms with Crippen molar-refractivity contribution in [3.63, 3.8) is 0 Å². The Morgan fingerprint density at radius 1 is 1.13 bits per heavy atom. The molecule has 0 radical (unpaired) electrons. The molecule has 0 aliphatic rings. The molecule has 0 bridgehead atoms. The molecule has 0 aromatic rings. The molecule has 2 heteroatoms. The smallest absolute Gasteiger partial charge is 0.00637 e. The Morgan fingerprint density at radius 2 is 1.80 bits per heavy atom. The van der Waals surface area contributed by atoms with Gasteiger partial charge in [0.25, 0.3) is 0 Å². The maximum Gasteiger partial charge on any atom is 0.00637 e. The Kier molecular flexibility index (Phi) is 10.4. The minimum absolute atomic E-state index is 0.757. The van der Waals surface area contributed by atoms with Crippen LogP contribution in [0.3, 0.4) is 0 Å². The summed E-state index contributed by atoms with van der Waals surface area (Å²) in [5, 5.41) is 3.19. The molecule has 1 N–H and O–H groups in total. The largest absolute Gasteiger partial charge is 0.320 e. The van der Waals surface area contributed by atoms with Crippen molar-refractivity contribution in [2.75, 3.05) is 27.2 Å². The zero-order valence-corrected chi connectivity index (χ0v) is 11.2. The molecular weight excluding hydrogens is 184 g/mol. The Hall–Kier alpha value is -0.0800. The molecule has 15 heavy (non-hydrogen) atoms. The molecule has 0 aromatic carbocycles. The summed E-state index contributed by atoms with van der Waals surface area (Å²) in [4.78, 5) is 2.50. The molecule has 0 saturated heterocycles. The van der Waals surface area contributed by atoms with Crippen LogP contribution in [0, 0.1) is 0 Å². The fraction of sp³-hybridized carbons (Fsp3) is 1.00. The second kappa shape index (κ2) is 10.4. The van der Waals surface area contributed by atoms with Gasteiger partial charge in [-0.05, 0) is 53.4 Å². The lowest BCUT2D eigenvalue weighted by molar-refractivity contribution is 0.239. The molecule has 0 aliphatic carbocycles. The molecule has 1 unspecified atom stereocenters. The van der Waals surface area contributed by atoms with Crippen LogP contribution in [-0.2, 0) is 0 Å². The van der Waals surface area contributed by atoms with Gasteiger partial charge >= 0.3 is 0 Å². The number of unbranched alkanes of at least 4 members (excludes halogenated alkanes) is 3. The fourth-order valence-electron chi connectivity index (χ4n) is 1.88. The van der Waals surface area contributed by atoms with E-state index in [1.165, 1.54) is 51.6 Å². The van der Waals surface area contributed by atoms with Crippen molar-refractivity contribution in [1.29, 1.82) is 0 Å². The van der Waals surface area contributed by atoms with Gasteiger partial charge in [0, 0.05) is 6.04 Å². The van der Waals surface area contributed by atoms with Gasteiger partial charge in [0.1, 0.15) is 0 Å². The van der Waals surface area contributed by atoms with E-state index in [0.717, 1.165) is 6.04 Å². The molecule has 0 amide bonds. The molecule has 92 valence electrons. The average Bonchev–Trinajstić information content (AvgIpc) is 2.23. The zero-order valence-electron chi connectivity index (χ0n) is 11.2. The average molecular weight is 214 g/mol. The van der Waals surface area contributed by atoms with Crippen molar-refractivity contribution >= 4 is 0 Å². The lowest BCUT2D eigenvalue weighted by Crippen LogP contribution is -2.29. The van der Waals surface area contributed by atoms with Gasteiger partial charge in [-0.2, -0.15) is 0 Å². The SMILES string of the molecule is CCCC(C)N(C)CCCCCCNC. The first kappa shape index (κ1) is 14.9. The quantitative estimate of drug-likeness (QED) is 0.563. The van der Waals surface area contributed by atoms with Crippen LogP contribution in [0.4, 0.5) is 0 Å². The van der Waals surface area contributed by atoms with E-state index in [9.17, 15) is 0 Å². The Labute approximate surface area is 96.4 Å². The van der Waals surface area contributed by atoms with Gasteiger partial charge in [-0.25, -0.2) is 0 Å². The number of hydrogen-bond donors (Lipinski definition) is 1. The third-order valence-electron chi connectivity index (χ3n) is 3.15. The van der Waals surface area contributed by atoms with E-state index in [1.807, 2.05) is 7.05 Å². The van der Waals surface area contributed by atoms with E-state index in [1.54, 1.807) is 0 Å². The highest BCUT2D eigenvalue weighted by Crippen LogP contribution is 2.06. The molecule has 0 aromatic heterocycles. The second-order valence-electron chi connectivity index (χ2n) is 4.64. The number of nitrogens with zero attached hydrogens (tertiary/aromatic N) is 1. The number of hydrogen-bond acceptors (Lipinski definition) is 2. The monoisotopic (exact) mass is 214 g/mol. The summed E-state index contributed by atoms with van der Waals surface area (Å²) in [5.74, 6) is 0. The zero-order chi connectivity index (χ0) is 11.5. The predicted octanol–water partition coefficient (Wildman–Crippen LogP) is 2.89. The minimum Gasteiger partial charge on any atom is -0.320 e. The van der Waals surface area contributed by atoms with Crippen molar-refractivity contribution in [2.24, 2.45) is 0 Å². The van der Waals surface area contributed by atoms with Crippen molar-refractivity contribution in [1.82, 2.24) is 10.2 Å². The lowest BCUT2D eigenvalue weighted by Gasteiger charge is -2.24. The normalized spacial score (nSPS) is 13.4. The standard InChI is InChI=1S/C13H30N2/c1-5-10-13(2)15(4)12-9-7-6-8-11-14-3/h13-14H,5-12H2,1-4H3. The van der Waals surface area contributed by atoms with Crippen LogP contribution >= 0.6 is 0 Å². The molecule has 0 aliphatic heterocycles. The molecular formula is C13H30N2. The maximum atomic E-state index is 3.19. The molecule has 0 rings (SSSR count). The highest BCUT2D eigenvalue weighted by molar-refractivity contribution is 4.62. The van der Waals surface area contributed by atoms with Crippen LogP contribution in [0.2, 0.25) is 0 Å². The summed E-state index contributed by atoms with van der Waals surface area (Å²) in [6.45, 7) is 7.04. The first-order chi connectivity index (χ1) is 7.22. The van der Waals surface area contributed by atoms with Crippen molar-refractivity contribution in [3.05, 3.63) is 0 Å². The summed E-state index contributed by atoms with van der Waals surface area (Å²) in [6, 6.07) is 0.757. The first-order valence-electron chi connectivity index (χ1n) is 6.57. The van der Waals surface area contributed by atoms with Crippen molar-refractivity contribution in [3.8, 4) is 0 Å². The third kappa shape index (κ3) is 8.88.